The first-order valence-corrected chi connectivity index (χ1v) is 8.70. The minimum atomic E-state index is -0.305. The Kier molecular flexibility index (Phi) is 5.74. The van der Waals surface area contributed by atoms with Gasteiger partial charge in [0.1, 0.15) is 29.3 Å². The predicted molar refractivity (Wildman–Crippen MR) is 109 cm³/mol. The van der Waals surface area contributed by atoms with Gasteiger partial charge in [0.05, 0.1) is 19.9 Å². The molecule has 1 amide bonds. The molecule has 0 spiro atoms. The van der Waals surface area contributed by atoms with Gasteiger partial charge in [-0.05, 0) is 43.2 Å². The summed E-state index contributed by atoms with van der Waals surface area (Å²) in [7, 11) is 3.16. The van der Waals surface area contributed by atoms with Crippen molar-refractivity contribution < 1.29 is 14.3 Å². The molecule has 1 aromatic heterocycles. The van der Waals surface area contributed by atoms with Crippen molar-refractivity contribution in [1.82, 2.24) is 9.97 Å². The fraction of sp³-hybridized carbons (Fsp3) is 0.190. The minimum absolute atomic E-state index is 0.255. The molecular formula is C21H22N4O3. The smallest absolute Gasteiger partial charge is 0.274 e. The van der Waals surface area contributed by atoms with Gasteiger partial charge >= 0.3 is 0 Å². The van der Waals surface area contributed by atoms with Crippen LogP contribution in [0, 0.1) is 13.8 Å². The summed E-state index contributed by atoms with van der Waals surface area (Å²) in [5.41, 5.74) is 3.76. The quantitative estimate of drug-likeness (QED) is 0.671. The average Bonchev–Trinajstić information content (AvgIpc) is 2.71. The molecule has 0 saturated carbocycles. The summed E-state index contributed by atoms with van der Waals surface area (Å²) in [6.45, 7) is 3.92. The van der Waals surface area contributed by atoms with E-state index in [9.17, 15) is 4.79 Å². The summed E-state index contributed by atoms with van der Waals surface area (Å²) in [6.07, 6.45) is 1.34. The number of anilines is 3. The van der Waals surface area contributed by atoms with Crippen molar-refractivity contribution in [3.05, 3.63) is 65.6 Å². The molecule has 7 nitrogen and oxygen atoms in total. The van der Waals surface area contributed by atoms with Crippen LogP contribution in [0.25, 0.3) is 0 Å². The number of carbonyl (C=O) groups excluding carboxylic acids is 1. The van der Waals surface area contributed by atoms with Crippen molar-refractivity contribution in [3.63, 3.8) is 0 Å². The highest BCUT2D eigenvalue weighted by Gasteiger charge is 2.12. The summed E-state index contributed by atoms with van der Waals surface area (Å²) < 4.78 is 10.6. The lowest BCUT2D eigenvalue weighted by molar-refractivity contribution is 0.102. The van der Waals surface area contributed by atoms with Gasteiger partial charge in [0, 0.05) is 17.8 Å². The van der Waals surface area contributed by atoms with Crippen molar-refractivity contribution >= 4 is 23.1 Å². The Morgan fingerprint density at radius 2 is 1.75 bits per heavy atom. The number of aryl methyl sites for hydroxylation is 2. The number of nitrogens with zero attached hydrogens (tertiary/aromatic N) is 2. The lowest BCUT2D eigenvalue weighted by atomic mass is 10.1. The molecule has 0 radical (unpaired) electrons. The average molecular weight is 378 g/mol. The largest absolute Gasteiger partial charge is 0.497 e. The van der Waals surface area contributed by atoms with E-state index < -0.39 is 0 Å². The number of amides is 1. The minimum Gasteiger partial charge on any atom is -0.497 e. The summed E-state index contributed by atoms with van der Waals surface area (Å²) in [6, 6.07) is 12.9. The monoisotopic (exact) mass is 378 g/mol. The third kappa shape index (κ3) is 4.37. The van der Waals surface area contributed by atoms with Crippen molar-refractivity contribution in [3.8, 4) is 11.5 Å². The first-order chi connectivity index (χ1) is 13.5. The third-order valence-electron chi connectivity index (χ3n) is 4.21. The number of rotatable bonds is 6. The number of methoxy groups -OCH3 is 2. The van der Waals surface area contributed by atoms with Gasteiger partial charge in [0.2, 0.25) is 0 Å². The molecule has 0 aliphatic heterocycles. The maximum absolute atomic E-state index is 12.6. The zero-order valence-electron chi connectivity index (χ0n) is 16.2. The Labute approximate surface area is 163 Å². The fourth-order valence-electron chi connectivity index (χ4n) is 2.65. The molecule has 3 rings (SSSR count). The highest BCUT2D eigenvalue weighted by Crippen LogP contribution is 2.31. The molecule has 2 aromatic carbocycles. The molecule has 7 heteroatoms. The van der Waals surface area contributed by atoms with E-state index >= 15 is 0 Å². The molecule has 1 heterocycles. The second-order valence-electron chi connectivity index (χ2n) is 6.25. The maximum Gasteiger partial charge on any atom is 0.274 e. The van der Waals surface area contributed by atoms with E-state index in [0.29, 0.717) is 23.0 Å². The Morgan fingerprint density at radius 1 is 0.929 bits per heavy atom. The summed E-state index contributed by atoms with van der Waals surface area (Å²) >= 11 is 0. The molecule has 144 valence electrons. The fourth-order valence-corrected chi connectivity index (χ4v) is 2.65. The Balaban J connectivity index is 1.80. The Morgan fingerprint density at radius 3 is 2.50 bits per heavy atom. The molecule has 28 heavy (non-hydrogen) atoms. The molecule has 0 bridgehead atoms. The van der Waals surface area contributed by atoms with Gasteiger partial charge in [-0.25, -0.2) is 9.97 Å². The van der Waals surface area contributed by atoms with Crippen LogP contribution < -0.4 is 20.1 Å². The van der Waals surface area contributed by atoms with E-state index in [0.717, 1.165) is 16.8 Å². The van der Waals surface area contributed by atoms with Crippen molar-refractivity contribution in [1.29, 1.82) is 0 Å². The first-order valence-electron chi connectivity index (χ1n) is 8.70. The number of hydrogen-bond acceptors (Lipinski definition) is 6. The number of carbonyl (C=O) groups is 1. The van der Waals surface area contributed by atoms with Crippen LogP contribution in [0.3, 0.4) is 0 Å². The Hall–Kier alpha value is -3.61. The van der Waals surface area contributed by atoms with Crippen molar-refractivity contribution in [2.45, 2.75) is 13.8 Å². The second-order valence-corrected chi connectivity index (χ2v) is 6.25. The summed E-state index contributed by atoms with van der Waals surface area (Å²) in [5.74, 6) is 1.45. The SMILES string of the molecule is COc1ccc(Nc2cc(C(=O)Nc3cc(C)ccc3C)ncn2)c(OC)c1. The molecule has 0 fully saturated rings. The van der Waals surface area contributed by atoms with Crippen LogP contribution in [0.5, 0.6) is 11.5 Å². The zero-order valence-corrected chi connectivity index (χ0v) is 16.2. The standard InChI is InChI=1S/C21H22N4O3/c1-13-5-6-14(2)17(9-13)25-21(26)18-11-20(23-12-22-18)24-16-8-7-15(27-3)10-19(16)28-4/h5-12H,1-4H3,(H,25,26)(H,22,23,24). The number of aromatic nitrogens is 2. The van der Waals surface area contributed by atoms with E-state index in [2.05, 4.69) is 20.6 Å². The number of ether oxygens (including phenoxy) is 2. The van der Waals surface area contributed by atoms with Crippen molar-refractivity contribution in [2.75, 3.05) is 24.9 Å². The van der Waals surface area contributed by atoms with E-state index in [1.807, 2.05) is 38.1 Å². The van der Waals surface area contributed by atoms with Gasteiger partial charge in [-0.1, -0.05) is 12.1 Å². The molecule has 0 atom stereocenters. The van der Waals surface area contributed by atoms with Crippen LogP contribution in [0.4, 0.5) is 17.2 Å². The lowest BCUT2D eigenvalue weighted by Gasteiger charge is -2.13. The molecule has 2 N–H and O–H groups in total. The third-order valence-corrected chi connectivity index (χ3v) is 4.21. The highest BCUT2D eigenvalue weighted by molar-refractivity contribution is 6.03. The summed E-state index contributed by atoms with van der Waals surface area (Å²) in [4.78, 5) is 20.9. The van der Waals surface area contributed by atoms with E-state index in [1.165, 1.54) is 6.33 Å². The van der Waals surface area contributed by atoms with Crippen LogP contribution >= 0.6 is 0 Å². The van der Waals surface area contributed by atoms with Gasteiger partial charge in [-0.3, -0.25) is 4.79 Å². The van der Waals surface area contributed by atoms with Crippen LogP contribution in [0.2, 0.25) is 0 Å². The van der Waals surface area contributed by atoms with Gasteiger partial charge in [0.25, 0.3) is 5.91 Å². The molecular weight excluding hydrogens is 356 g/mol. The van der Waals surface area contributed by atoms with Crippen LogP contribution in [0.15, 0.2) is 48.8 Å². The summed E-state index contributed by atoms with van der Waals surface area (Å²) in [5, 5.41) is 6.04. The van der Waals surface area contributed by atoms with Gasteiger partial charge in [-0.15, -0.1) is 0 Å². The van der Waals surface area contributed by atoms with E-state index in [1.54, 1.807) is 32.4 Å². The number of nitrogens with one attached hydrogen (secondary N) is 2. The van der Waals surface area contributed by atoms with Crippen LogP contribution in [-0.2, 0) is 0 Å². The molecule has 0 aliphatic rings. The van der Waals surface area contributed by atoms with E-state index in [-0.39, 0.29) is 11.6 Å². The predicted octanol–water partition coefficient (Wildman–Crippen LogP) is 4.11. The number of hydrogen-bond donors (Lipinski definition) is 2. The first kappa shape index (κ1) is 19.2. The lowest BCUT2D eigenvalue weighted by Crippen LogP contribution is -2.15. The molecule has 0 aliphatic carbocycles. The Bertz CT molecular complexity index is 1000. The van der Waals surface area contributed by atoms with Crippen LogP contribution in [-0.4, -0.2) is 30.1 Å². The second kappa shape index (κ2) is 8.39. The van der Waals surface area contributed by atoms with Crippen molar-refractivity contribution in [2.24, 2.45) is 0 Å². The normalized spacial score (nSPS) is 10.3. The number of benzene rings is 2. The zero-order chi connectivity index (χ0) is 20.1. The van der Waals surface area contributed by atoms with Gasteiger partial charge < -0.3 is 20.1 Å². The van der Waals surface area contributed by atoms with Gasteiger partial charge in [-0.2, -0.15) is 0 Å². The molecule has 0 saturated heterocycles. The molecule has 3 aromatic rings. The topological polar surface area (TPSA) is 85.4 Å². The molecule has 0 unspecified atom stereocenters. The van der Waals surface area contributed by atoms with E-state index in [4.69, 9.17) is 9.47 Å². The maximum atomic E-state index is 12.6. The van der Waals surface area contributed by atoms with Gasteiger partial charge in [0.15, 0.2) is 0 Å². The highest BCUT2D eigenvalue weighted by atomic mass is 16.5. The van der Waals surface area contributed by atoms with Crippen LogP contribution in [0.1, 0.15) is 21.6 Å².